The number of hydrogen-bond acceptors (Lipinski definition) is 3. The van der Waals surface area contributed by atoms with Gasteiger partial charge in [-0.25, -0.2) is 0 Å². The number of piperidine rings is 1. The van der Waals surface area contributed by atoms with Crippen LogP contribution in [0.5, 0.6) is 0 Å². The Morgan fingerprint density at radius 2 is 2.00 bits per heavy atom. The highest BCUT2D eigenvalue weighted by atomic mass is 15.2. The molecular weight excluding hydrogens is 198 g/mol. The lowest BCUT2D eigenvalue weighted by molar-refractivity contribution is 0.185. The minimum atomic E-state index is 0.974. The highest BCUT2D eigenvalue weighted by Gasteiger charge is 2.17. The Labute approximate surface area is 100 Å². The van der Waals surface area contributed by atoms with Gasteiger partial charge in [0, 0.05) is 32.7 Å². The van der Waals surface area contributed by atoms with Crippen LogP contribution in [0.3, 0.4) is 0 Å². The van der Waals surface area contributed by atoms with Gasteiger partial charge in [-0.2, -0.15) is 0 Å². The number of likely N-dealkylation sites (tertiary alicyclic amines) is 1. The smallest absolute Gasteiger partial charge is 0.0107 e. The Morgan fingerprint density at radius 3 is 2.75 bits per heavy atom. The predicted molar refractivity (Wildman–Crippen MR) is 68.8 cm³/mol. The molecule has 1 unspecified atom stereocenters. The van der Waals surface area contributed by atoms with E-state index in [1.807, 2.05) is 0 Å². The third-order valence-electron chi connectivity index (χ3n) is 4.02. The van der Waals surface area contributed by atoms with Crippen molar-refractivity contribution in [2.24, 2.45) is 5.92 Å². The first-order valence-corrected chi connectivity index (χ1v) is 6.96. The zero-order valence-corrected chi connectivity index (χ0v) is 10.7. The van der Waals surface area contributed by atoms with E-state index >= 15 is 0 Å². The molecule has 0 aromatic rings. The molecule has 0 aliphatic carbocycles. The molecule has 2 aliphatic heterocycles. The van der Waals surface area contributed by atoms with Crippen molar-refractivity contribution < 1.29 is 0 Å². The van der Waals surface area contributed by atoms with Crippen molar-refractivity contribution >= 4 is 0 Å². The molecule has 1 atom stereocenters. The van der Waals surface area contributed by atoms with Crippen LogP contribution in [0.25, 0.3) is 0 Å². The number of rotatable bonds is 4. The highest BCUT2D eigenvalue weighted by molar-refractivity contribution is 4.72. The number of piperazine rings is 1. The topological polar surface area (TPSA) is 18.5 Å². The average Bonchev–Trinajstić information content (AvgIpc) is 2.30. The number of nitrogens with one attached hydrogen (secondary N) is 1. The van der Waals surface area contributed by atoms with Gasteiger partial charge in [0.05, 0.1) is 0 Å². The van der Waals surface area contributed by atoms with E-state index < -0.39 is 0 Å². The molecule has 2 saturated heterocycles. The first-order chi connectivity index (χ1) is 7.84. The molecule has 1 N–H and O–H groups in total. The molecule has 3 nitrogen and oxygen atoms in total. The van der Waals surface area contributed by atoms with Crippen molar-refractivity contribution in [2.45, 2.75) is 25.7 Å². The summed E-state index contributed by atoms with van der Waals surface area (Å²) in [4.78, 5) is 5.11. The Hall–Kier alpha value is -0.120. The van der Waals surface area contributed by atoms with Crippen LogP contribution < -0.4 is 5.32 Å². The van der Waals surface area contributed by atoms with E-state index in [0.29, 0.717) is 0 Å². The van der Waals surface area contributed by atoms with E-state index in [-0.39, 0.29) is 0 Å². The summed E-state index contributed by atoms with van der Waals surface area (Å²) in [5.74, 6) is 0.974. The van der Waals surface area contributed by atoms with Crippen molar-refractivity contribution in [1.82, 2.24) is 15.1 Å². The maximum Gasteiger partial charge on any atom is 0.0107 e. The molecule has 94 valence electrons. The van der Waals surface area contributed by atoms with Gasteiger partial charge in [-0.05, 0) is 51.7 Å². The van der Waals surface area contributed by atoms with Crippen LogP contribution in [-0.2, 0) is 0 Å². The molecule has 16 heavy (non-hydrogen) atoms. The molecule has 0 radical (unpaired) electrons. The summed E-state index contributed by atoms with van der Waals surface area (Å²) in [5, 5.41) is 3.41. The summed E-state index contributed by atoms with van der Waals surface area (Å²) in [6.07, 6.45) is 5.72. The minimum Gasteiger partial charge on any atom is -0.314 e. The molecule has 2 rings (SSSR count). The van der Waals surface area contributed by atoms with Gasteiger partial charge in [0.2, 0.25) is 0 Å². The normalized spacial score (nSPS) is 29.4. The van der Waals surface area contributed by atoms with Crippen LogP contribution in [-0.4, -0.2) is 62.7 Å². The predicted octanol–water partition coefficient (Wildman–Crippen LogP) is 1.01. The molecule has 2 heterocycles. The summed E-state index contributed by atoms with van der Waals surface area (Å²) in [7, 11) is 2.27. The average molecular weight is 225 g/mol. The van der Waals surface area contributed by atoms with Gasteiger partial charge in [-0.15, -0.1) is 0 Å². The second-order valence-electron chi connectivity index (χ2n) is 5.50. The van der Waals surface area contributed by atoms with Crippen molar-refractivity contribution in [2.75, 3.05) is 52.9 Å². The third kappa shape index (κ3) is 4.04. The Morgan fingerprint density at radius 1 is 1.19 bits per heavy atom. The van der Waals surface area contributed by atoms with E-state index in [0.717, 1.165) is 5.92 Å². The second-order valence-corrected chi connectivity index (χ2v) is 5.50. The summed E-state index contributed by atoms with van der Waals surface area (Å²) in [6.45, 7) is 8.85. The lowest BCUT2D eigenvalue weighted by Gasteiger charge is -2.31. The van der Waals surface area contributed by atoms with Crippen LogP contribution >= 0.6 is 0 Å². The summed E-state index contributed by atoms with van der Waals surface area (Å²) in [6, 6.07) is 0. The van der Waals surface area contributed by atoms with Crippen LogP contribution in [0.1, 0.15) is 25.7 Å². The molecule has 2 fully saturated rings. The van der Waals surface area contributed by atoms with Crippen molar-refractivity contribution in [3.8, 4) is 0 Å². The Bertz CT molecular complexity index is 190. The molecule has 0 aromatic heterocycles. The number of hydrogen-bond donors (Lipinski definition) is 1. The zero-order chi connectivity index (χ0) is 11.2. The van der Waals surface area contributed by atoms with Crippen molar-refractivity contribution in [3.05, 3.63) is 0 Å². The molecule has 0 amide bonds. The van der Waals surface area contributed by atoms with Gasteiger partial charge in [-0.1, -0.05) is 0 Å². The van der Waals surface area contributed by atoms with Crippen molar-refractivity contribution in [1.29, 1.82) is 0 Å². The summed E-state index contributed by atoms with van der Waals surface area (Å²) in [5.41, 5.74) is 0. The fourth-order valence-corrected chi connectivity index (χ4v) is 3.05. The first-order valence-electron chi connectivity index (χ1n) is 6.96. The lowest BCUT2D eigenvalue weighted by atomic mass is 9.93. The largest absolute Gasteiger partial charge is 0.314 e. The van der Waals surface area contributed by atoms with Gasteiger partial charge in [0.25, 0.3) is 0 Å². The fraction of sp³-hybridized carbons (Fsp3) is 1.00. The van der Waals surface area contributed by atoms with E-state index in [9.17, 15) is 0 Å². The SMILES string of the molecule is CN1CCCC(CCCN2CCNCC2)C1. The van der Waals surface area contributed by atoms with Crippen LogP contribution in [0.2, 0.25) is 0 Å². The maximum atomic E-state index is 3.41. The van der Waals surface area contributed by atoms with Crippen LogP contribution in [0.4, 0.5) is 0 Å². The van der Waals surface area contributed by atoms with Gasteiger partial charge in [0.1, 0.15) is 0 Å². The molecule has 0 bridgehead atoms. The Balaban J connectivity index is 1.56. The molecule has 0 spiro atoms. The summed E-state index contributed by atoms with van der Waals surface area (Å²) < 4.78 is 0. The van der Waals surface area contributed by atoms with Crippen LogP contribution in [0, 0.1) is 5.92 Å². The quantitative estimate of drug-likeness (QED) is 0.770. The molecule has 0 aromatic carbocycles. The van der Waals surface area contributed by atoms with Gasteiger partial charge in [0.15, 0.2) is 0 Å². The standard InChI is InChI=1S/C13H27N3/c1-15-8-2-4-13(12-15)5-3-9-16-10-6-14-7-11-16/h13-14H,2-12H2,1H3. The first kappa shape index (κ1) is 12.3. The van der Waals surface area contributed by atoms with Gasteiger partial charge < -0.3 is 15.1 Å². The van der Waals surface area contributed by atoms with Gasteiger partial charge >= 0.3 is 0 Å². The monoisotopic (exact) mass is 225 g/mol. The molecule has 0 saturated carbocycles. The van der Waals surface area contributed by atoms with Crippen molar-refractivity contribution in [3.63, 3.8) is 0 Å². The third-order valence-corrected chi connectivity index (χ3v) is 4.02. The maximum absolute atomic E-state index is 3.41. The van der Waals surface area contributed by atoms with E-state index in [2.05, 4.69) is 22.2 Å². The van der Waals surface area contributed by atoms with Gasteiger partial charge in [-0.3, -0.25) is 0 Å². The highest BCUT2D eigenvalue weighted by Crippen LogP contribution is 2.19. The van der Waals surface area contributed by atoms with E-state index in [1.165, 1.54) is 71.5 Å². The lowest BCUT2D eigenvalue weighted by Crippen LogP contribution is -2.43. The number of nitrogens with zero attached hydrogens (tertiary/aromatic N) is 2. The second kappa shape index (κ2) is 6.58. The molecule has 3 heteroatoms. The molecular formula is C13H27N3. The Kier molecular flexibility index (Phi) is 5.07. The molecule has 2 aliphatic rings. The zero-order valence-electron chi connectivity index (χ0n) is 10.7. The van der Waals surface area contributed by atoms with E-state index in [1.54, 1.807) is 0 Å². The minimum absolute atomic E-state index is 0.974. The van der Waals surface area contributed by atoms with E-state index in [4.69, 9.17) is 0 Å². The fourth-order valence-electron chi connectivity index (χ4n) is 3.05. The van der Waals surface area contributed by atoms with Crippen LogP contribution in [0.15, 0.2) is 0 Å². The summed E-state index contributed by atoms with van der Waals surface area (Å²) >= 11 is 0.